The fraction of sp³-hybridized carbons (Fsp3) is 1.00. The normalized spacial score (nSPS) is 28.5. The number of methoxy groups -OCH3 is 1. The van der Waals surface area contributed by atoms with Gasteiger partial charge < -0.3 is 4.74 Å². The molecule has 1 aliphatic rings. The lowest BCUT2D eigenvalue weighted by Gasteiger charge is -2.21. The minimum Gasteiger partial charge on any atom is -0.381 e. The van der Waals surface area contributed by atoms with Crippen molar-refractivity contribution in [2.75, 3.05) is 7.11 Å². The zero-order valence-electron chi connectivity index (χ0n) is 9.26. The monoisotopic (exact) mass is 172 g/mol. The summed E-state index contributed by atoms with van der Waals surface area (Å²) in [6, 6.07) is 0. The first-order chi connectivity index (χ1) is 5.75. The molecule has 0 aromatic rings. The van der Waals surface area contributed by atoms with Crippen LogP contribution in [0.3, 0.4) is 0 Å². The van der Waals surface area contributed by atoms with Gasteiger partial charge in [0, 0.05) is 7.11 Å². The fourth-order valence-electron chi connectivity index (χ4n) is 2.01. The van der Waals surface area contributed by atoms with E-state index < -0.39 is 0 Å². The molecule has 0 heterocycles. The Labute approximate surface area is 77.5 Å². The Kier molecular flexibility index (Phi) is 6.45. The molecule has 2 unspecified atom stereocenters. The Morgan fingerprint density at radius 2 is 1.75 bits per heavy atom. The van der Waals surface area contributed by atoms with Crippen molar-refractivity contribution < 1.29 is 4.74 Å². The molecule has 74 valence electrons. The molecule has 2 atom stereocenters. The second-order valence-corrected chi connectivity index (χ2v) is 3.61. The Morgan fingerprint density at radius 3 is 2.08 bits per heavy atom. The molecule has 1 rings (SSSR count). The van der Waals surface area contributed by atoms with Gasteiger partial charge in [0.1, 0.15) is 0 Å². The molecule has 1 aliphatic carbocycles. The highest BCUT2D eigenvalue weighted by atomic mass is 16.5. The van der Waals surface area contributed by atoms with E-state index >= 15 is 0 Å². The van der Waals surface area contributed by atoms with Crippen LogP contribution in [0.4, 0.5) is 0 Å². The smallest absolute Gasteiger partial charge is 0.0601 e. The Balaban J connectivity index is 0.000000561. The molecule has 0 N–H and O–H groups in total. The molecule has 0 radical (unpaired) electrons. The third kappa shape index (κ3) is 3.14. The summed E-state index contributed by atoms with van der Waals surface area (Å²) >= 11 is 0. The molecule has 0 saturated heterocycles. The summed E-state index contributed by atoms with van der Waals surface area (Å²) in [6.07, 6.45) is 4.57. The molecular formula is C11H24O. The Bertz CT molecular complexity index is 99.2. The fourth-order valence-corrected chi connectivity index (χ4v) is 2.01. The van der Waals surface area contributed by atoms with Gasteiger partial charge in [-0.2, -0.15) is 0 Å². The van der Waals surface area contributed by atoms with Crippen molar-refractivity contribution in [2.45, 2.75) is 53.1 Å². The molecule has 12 heavy (non-hydrogen) atoms. The van der Waals surface area contributed by atoms with Gasteiger partial charge in [-0.25, -0.2) is 0 Å². The van der Waals surface area contributed by atoms with Crippen molar-refractivity contribution in [2.24, 2.45) is 11.8 Å². The first kappa shape index (κ1) is 12.0. The third-order valence-corrected chi connectivity index (χ3v) is 2.66. The van der Waals surface area contributed by atoms with Crippen molar-refractivity contribution in [3.63, 3.8) is 0 Å². The summed E-state index contributed by atoms with van der Waals surface area (Å²) in [5.74, 6) is 1.62. The second-order valence-electron chi connectivity index (χ2n) is 3.61. The largest absolute Gasteiger partial charge is 0.381 e. The van der Waals surface area contributed by atoms with Crippen LogP contribution in [0.25, 0.3) is 0 Å². The molecule has 0 aromatic carbocycles. The van der Waals surface area contributed by atoms with Gasteiger partial charge in [0.2, 0.25) is 0 Å². The summed E-state index contributed by atoms with van der Waals surface area (Å²) in [5, 5.41) is 0. The SMILES string of the molecule is CC.COC1CCCC1C(C)C. The number of ether oxygens (including phenoxy) is 1. The summed E-state index contributed by atoms with van der Waals surface area (Å²) in [6.45, 7) is 8.59. The minimum absolute atomic E-state index is 0.556. The molecule has 1 heteroatoms. The zero-order valence-corrected chi connectivity index (χ0v) is 9.26. The van der Waals surface area contributed by atoms with E-state index in [2.05, 4.69) is 13.8 Å². The average molecular weight is 172 g/mol. The predicted molar refractivity (Wildman–Crippen MR) is 54.3 cm³/mol. The van der Waals surface area contributed by atoms with Crippen LogP contribution in [-0.4, -0.2) is 13.2 Å². The standard InChI is InChI=1S/C9H18O.C2H6/c1-7(2)8-5-4-6-9(8)10-3;1-2/h7-9H,4-6H2,1-3H3;1-2H3. The van der Waals surface area contributed by atoms with Gasteiger partial charge >= 0.3 is 0 Å². The third-order valence-electron chi connectivity index (χ3n) is 2.66. The maximum absolute atomic E-state index is 5.39. The van der Waals surface area contributed by atoms with Gasteiger partial charge in [0.05, 0.1) is 6.10 Å². The van der Waals surface area contributed by atoms with Gasteiger partial charge in [-0.1, -0.05) is 34.1 Å². The number of rotatable bonds is 2. The Morgan fingerprint density at radius 1 is 1.17 bits per heavy atom. The van der Waals surface area contributed by atoms with E-state index in [1.54, 1.807) is 0 Å². The zero-order chi connectivity index (χ0) is 9.56. The van der Waals surface area contributed by atoms with Crippen molar-refractivity contribution in [1.29, 1.82) is 0 Å². The van der Waals surface area contributed by atoms with Crippen LogP contribution >= 0.6 is 0 Å². The molecule has 0 amide bonds. The van der Waals surface area contributed by atoms with Crippen molar-refractivity contribution >= 4 is 0 Å². The van der Waals surface area contributed by atoms with E-state index in [1.165, 1.54) is 19.3 Å². The van der Waals surface area contributed by atoms with Crippen molar-refractivity contribution in [1.82, 2.24) is 0 Å². The molecule has 0 aliphatic heterocycles. The topological polar surface area (TPSA) is 9.23 Å². The van der Waals surface area contributed by atoms with Crippen LogP contribution in [0.1, 0.15) is 47.0 Å². The van der Waals surface area contributed by atoms with Gasteiger partial charge in [-0.3, -0.25) is 0 Å². The number of hydrogen-bond acceptors (Lipinski definition) is 1. The maximum atomic E-state index is 5.39. The van der Waals surface area contributed by atoms with Crippen LogP contribution in [0.5, 0.6) is 0 Å². The lowest BCUT2D eigenvalue weighted by atomic mass is 9.93. The van der Waals surface area contributed by atoms with Gasteiger partial charge in [0.15, 0.2) is 0 Å². The first-order valence-electron chi connectivity index (χ1n) is 5.28. The maximum Gasteiger partial charge on any atom is 0.0601 e. The van der Waals surface area contributed by atoms with E-state index in [1.807, 2.05) is 21.0 Å². The lowest BCUT2D eigenvalue weighted by Crippen LogP contribution is -2.20. The Hall–Kier alpha value is -0.0400. The minimum atomic E-state index is 0.556. The van der Waals surface area contributed by atoms with Gasteiger partial charge in [-0.15, -0.1) is 0 Å². The van der Waals surface area contributed by atoms with E-state index in [0.29, 0.717) is 6.10 Å². The van der Waals surface area contributed by atoms with Crippen molar-refractivity contribution in [3.05, 3.63) is 0 Å². The molecular weight excluding hydrogens is 148 g/mol. The van der Waals surface area contributed by atoms with Crippen LogP contribution in [0, 0.1) is 11.8 Å². The van der Waals surface area contributed by atoms with Crippen LogP contribution in [0.15, 0.2) is 0 Å². The summed E-state index contributed by atoms with van der Waals surface area (Å²) in [7, 11) is 1.84. The summed E-state index contributed by atoms with van der Waals surface area (Å²) in [5.41, 5.74) is 0. The predicted octanol–water partition coefficient (Wildman–Crippen LogP) is 3.48. The summed E-state index contributed by atoms with van der Waals surface area (Å²) in [4.78, 5) is 0. The quantitative estimate of drug-likeness (QED) is 0.619. The van der Waals surface area contributed by atoms with Crippen LogP contribution in [0.2, 0.25) is 0 Å². The lowest BCUT2D eigenvalue weighted by molar-refractivity contribution is 0.0541. The highest BCUT2D eigenvalue weighted by molar-refractivity contribution is 4.79. The molecule has 0 spiro atoms. The molecule has 1 nitrogen and oxygen atoms in total. The average Bonchev–Trinajstić information content (AvgIpc) is 2.55. The van der Waals surface area contributed by atoms with Gasteiger partial charge in [0.25, 0.3) is 0 Å². The van der Waals surface area contributed by atoms with Crippen molar-refractivity contribution in [3.8, 4) is 0 Å². The number of hydrogen-bond donors (Lipinski definition) is 0. The first-order valence-corrected chi connectivity index (χ1v) is 5.28. The molecule has 1 saturated carbocycles. The summed E-state index contributed by atoms with van der Waals surface area (Å²) < 4.78 is 5.39. The highest BCUT2D eigenvalue weighted by Gasteiger charge is 2.28. The highest BCUT2D eigenvalue weighted by Crippen LogP contribution is 2.32. The molecule has 0 aromatic heterocycles. The van der Waals surface area contributed by atoms with Gasteiger partial charge in [-0.05, 0) is 24.7 Å². The molecule has 0 bridgehead atoms. The van der Waals surface area contributed by atoms with E-state index in [4.69, 9.17) is 4.74 Å². The van der Waals surface area contributed by atoms with Crippen LogP contribution in [-0.2, 0) is 4.74 Å². The molecule has 1 fully saturated rings. The van der Waals surface area contributed by atoms with E-state index in [0.717, 1.165) is 11.8 Å². The van der Waals surface area contributed by atoms with E-state index in [9.17, 15) is 0 Å². The van der Waals surface area contributed by atoms with Crippen LogP contribution < -0.4 is 0 Å². The second kappa shape index (κ2) is 6.47. The van der Waals surface area contributed by atoms with E-state index in [-0.39, 0.29) is 0 Å².